The van der Waals surface area contributed by atoms with Crippen LogP contribution in [0.4, 0.5) is 0 Å². The summed E-state index contributed by atoms with van der Waals surface area (Å²) in [6, 6.07) is 3.63. The highest BCUT2D eigenvalue weighted by Crippen LogP contribution is 2.23. The zero-order valence-corrected chi connectivity index (χ0v) is 12.1. The number of methoxy groups -OCH3 is 1. The highest BCUT2D eigenvalue weighted by molar-refractivity contribution is 7.89. The third-order valence-corrected chi connectivity index (χ3v) is 5.52. The van der Waals surface area contributed by atoms with Gasteiger partial charge in [-0.2, -0.15) is 0 Å². The number of alkyl halides is 1. The molecule has 0 saturated carbocycles. The van der Waals surface area contributed by atoms with Crippen molar-refractivity contribution in [3.63, 3.8) is 0 Å². The van der Waals surface area contributed by atoms with Gasteiger partial charge in [-0.15, -0.1) is 22.9 Å². The van der Waals surface area contributed by atoms with Gasteiger partial charge in [-0.05, 0) is 18.4 Å². The topological polar surface area (TPSA) is 43.4 Å². The van der Waals surface area contributed by atoms with E-state index in [2.05, 4.69) is 0 Å². The van der Waals surface area contributed by atoms with Crippen LogP contribution in [0, 0.1) is 0 Å². The van der Waals surface area contributed by atoms with Gasteiger partial charge < -0.3 is 4.74 Å². The number of halogens is 1. The van der Waals surface area contributed by atoms with E-state index in [1.54, 1.807) is 6.07 Å². The number of ketones is 1. The van der Waals surface area contributed by atoms with Crippen LogP contribution in [-0.2, 0) is 20.3 Å². The zero-order valence-electron chi connectivity index (χ0n) is 9.72. The fourth-order valence-electron chi connectivity index (χ4n) is 1.38. The average molecular weight is 295 g/mol. The van der Waals surface area contributed by atoms with E-state index in [1.165, 1.54) is 25.4 Å². The number of Topliss-reactive ketones (excluding diaryl/α,β-unsaturated/α-hetero) is 1. The summed E-state index contributed by atoms with van der Waals surface area (Å²) in [6.07, 6.45) is 0.447. The Kier molecular flexibility index (Phi) is 6.33. The van der Waals surface area contributed by atoms with Gasteiger partial charge >= 0.3 is 0 Å². The molecule has 3 atom stereocenters. The number of carbonyl (C=O) groups excluding carboxylic acids is 1. The van der Waals surface area contributed by atoms with E-state index in [0.29, 0.717) is 12.8 Å². The highest BCUT2D eigenvalue weighted by atomic mass is 35.5. The molecule has 0 aliphatic carbocycles. The fraction of sp³-hybridized carbons (Fsp3) is 0.545. The fourth-order valence-corrected chi connectivity index (χ4v) is 4.22. The number of rotatable bonds is 7. The Labute approximate surface area is 113 Å². The monoisotopic (exact) mass is 294 g/mol. The molecule has 96 valence electrons. The number of hydrogen-bond acceptors (Lipinski definition) is 4. The summed E-state index contributed by atoms with van der Waals surface area (Å²) in [5.41, 5.74) is 0. The van der Waals surface area contributed by atoms with Crippen LogP contribution in [0.15, 0.2) is 21.7 Å². The average Bonchev–Trinajstić information content (AvgIpc) is 2.79. The van der Waals surface area contributed by atoms with Gasteiger partial charge in [0.15, 0.2) is 0 Å². The van der Waals surface area contributed by atoms with Crippen molar-refractivity contribution in [3.05, 3.63) is 17.5 Å². The van der Waals surface area contributed by atoms with E-state index in [4.69, 9.17) is 16.3 Å². The molecule has 0 N–H and O–H groups in total. The van der Waals surface area contributed by atoms with E-state index < -0.39 is 15.5 Å². The SMILES string of the molecule is COC(CC(C)=O)CC(Cl)S(=O)c1cccs1. The standard InChI is InChI=1S/C11H15ClO3S2/c1-8(13)6-9(15-2)7-10(12)17(14)11-4-3-5-16-11/h3-5,9-10H,6-7H2,1-2H3. The Bertz CT molecular complexity index is 378. The lowest BCUT2D eigenvalue weighted by Gasteiger charge is -2.16. The van der Waals surface area contributed by atoms with Crippen molar-refractivity contribution in [2.24, 2.45) is 0 Å². The summed E-state index contributed by atoms with van der Waals surface area (Å²) >= 11 is 7.51. The second-order valence-corrected chi connectivity index (χ2v) is 7.23. The largest absolute Gasteiger partial charge is 0.381 e. The molecule has 0 fully saturated rings. The Morgan fingerprint density at radius 3 is 2.82 bits per heavy atom. The molecular formula is C11H15ClO3S2. The van der Waals surface area contributed by atoms with Crippen molar-refractivity contribution < 1.29 is 13.7 Å². The van der Waals surface area contributed by atoms with Crippen LogP contribution in [0.1, 0.15) is 19.8 Å². The second-order valence-electron chi connectivity index (χ2n) is 3.64. The Hall–Kier alpha value is -0.230. The first kappa shape index (κ1) is 14.8. The van der Waals surface area contributed by atoms with Crippen molar-refractivity contribution in [1.82, 2.24) is 0 Å². The zero-order chi connectivity index (χ0) is 12.8. The van der Waals surface area contributed by atoms with Gasteiger partial charge in [-0.3, -0.25) is 9.00 Å². The van der Waals surface area contributed by atoms with E-state index >= 15 is 0 Å². The maximum Gasteiger partial charge on any atom is 0.132 e. The molecule has 3 nitrogen and oxygen atoms in total. The van der Waals surface area contributed by atoms with Crippen LogP contribution >= 0.6 is 22.9 Å². The van der Waals surface area contributed by atoms with E-state index in [9.17, 15) is 9.00 Å². The van der Waals surface area contributed by atoms with Crippen LogP contribution in [-0.4, -0.2) is 27.9 Å². The summed E-state index contributed by atoms with van der Waals surface area (Å²) in [7, 11) is 0.292. The smallest absolute Gasteiger partial charge is 0.132 e. The lowest BCUT2D eigenvalue weighted by atomic mass is 10.1. The molecular weight excluding hydrogens is 280 g/mol. The Morgan fingerprint density at radius 1 is 1.65 bits per heavy atom. The first-order valence-corrected chi connectivity index (χ1v) is 7.68. The van der Waals surface area contributed by atoms with E-state index in [0.717, 1.165) is 4.21 Å². The molecule has 0 aromatic carbocycles. The van der Waals surface area contributed by atoms with Gasteiger partial charge in [0.2, 0.25) is 0 Å². The van der Waals surface area contributed by atoms with Gasteiger partial charge in [-0.25, -0.2) is 0 Å². The summed E-state index contributed by atoms with van der Waals surface area (Å²) in [6.45, 7) is 1.51. The number of ether oxygens (including phenoxy) is 1. The molecule has 1 aromatic rings. The van der Waals surface area contributed by atoms with Crippen molar-refractivity contribution in [2.75, 3.05) is 7.11 Å². The van der Waals surface area contributed by atoms with Crippen molar-refractivity contribution in [1.29, 1.82) is 0 Å². The van der Waals surface area contributed by atoms with Gasteiger partial charge in [0.05, 0.1) is 21.1 Å². The Balaban J connectivity index is 2.55. The minimum Gasteiger partial charge on any atom is -0.381 e. The molecule has 0 bridgehead atoms. The van der Waals surface area contributed by atoms with Crippen molar-refractivity contribution in [2.45, 2.75) is 34.8 Å². The minimum atomic E-state index is -1.24. The number of thiophene rings is 1. The maximum atomic E-state index is 12.0. The molecule has 0 amide bonds. The van der Waals surface area contributed by atoms with Gasteiger partial charge in [0.25, 0.3) is 0 Å². The summed E-state index contributed by atoms with van der Waals surface area (Å²) in [4.78, 5) is 11.0. The van der Waals surface area contributed by atoms with Gasteiger partial charge in [0, 0.05) is 20.0 Å². The Morgan fingerprint density at radius 2 is 2.35 bits per heavy atom. The van der Waals surface area contributed by atoms with Crippen molar-refractivity contribution >= 4 is 39.5 Å². The second kappa shape index (κ2) is 7.26. The molecule has 0 aliphatic rings. The molecule has 0 spiro atoms. The normalized spacial score (nSPS) is 16.4. The van der Waals surface area contributed by atoms with Crippen LogP contribution in [0.3, 0.4) is 0 Å². The van der Waals surface area contributed by atoms with Crippen LogP contribution in [0.5, 0.6) is 0 Å². The first-order chi connectivity index (χ1) is 8.04. The maximum absolute atomic E-state index is 12.0. The molecule has 17 heavy (non-hydrogen) atoms. The molecule has 1 heterocycles. The summed E-state index contributed by atoms with van der Waals surface area (Å²) < 4.78 is 17.4. The lowest BCUT2D eigenvalue weighted by Crippen LogP contribution is -2.21. The quantitative estimate of drug-likeness (QED) is 0.726. The first-order valence-electron chi connectivity index (χ1n) is 5.15. The molecule has 1 rings (SSSR count). The predicted molar refractivity (Wildman–Crippen MR) is 71.1 cm³/mol. The van der Waals surface area contributed by atoms with Crippen LogP contribution in [0.25, 0.3) is 0 Å². The molecule has 0 aliphatic heterocycles. The molecule has 3 unspecified atom stereocenters. The lowest BCUT2D eigenvalue weighted by molar-refractivity contribution is -0.119. The number of hydrogen-bond donors (Lipinski definition) is 0. The van der Waals surface area contributed by atoms with E-state index in [1.807, 2.05) is 11.4 Å². The molecule has 0 radical (unpaired) electrons. The van der Waals surface area contributed by atoms with Gasteiger partial charge in [-0.1, -0.05) is 6.07 Å². The summed E-state index contributed by atoms with van der Waals surface area (Å²) in [5, 5.41) is 1.86. The van der Waals surface area contributed by atoms with E-state index in [-0.39, 0.29) is 11.9 Å². The molecule has 0 saturated heterocycles. The minimum absolute atomic E-state index is 0.0441. The van der Waals surface area contributed by atoms with Crippen LogP contribution in [0.2, 0.25) is 0 Å². The summed E-state index contributed by atoms with van der Waals surface area (Å²) in [5.74, 6) is 0.0441. The third-order valence-electron chi connectivity index (χ3n) is 2.22. The highest BCUT2D eigenvalue weighted by Gasteiger charge is 2.22. The van der Waals surface area contributed by atoms with Crippen molar-refractivity contribution in [3.8, 4) is 0 Å². The number of carbonyl (C=O) groups is 1. The molecule has 1 aromatic heterocycles. The predicted octanol–water partition coefficient (Wildman–Crippen LogP) is 2.80. The molecule has 6 heteroatoms. The van der Waals surface area contributed by atoms with Crippen LogP contribution < -0.4 is 0 Å². The van der Waals surface area contributed by atoms with Gasteiger partial charge in [0.1, 0.15) is 10.5 Å². The third kappa shape index (κ3) is 4.87.